The second-order valence-corrected chi connectivity index (χ2v) is 7.26. The minimum atomic E-state index is -0.826. The maximum Gasteiger partial charge on any atom is 0.315 e. The normalized spacial score (nSPS) is 21.8. The number of likely N-dealkylation sites (tertiary alicyclic amines) is 1. The number of halogens is 2. The van der Waals surface area contributed by atoms with Crippen molar-refractivity contribution in [3.63, 3.8) is 0 Å². The molecule has 7 heteroatoms. The highest BCUT2D eigenvalue weighted by Gasteiger charge is 2.24. The van der Waals surface area contributed by atoms with E-state index in [-0.39, 0.29) is 12.1 Å². The number of amides is 2. The van der Waals surface area contributed by atoms with E-state index in [1.807, 2.05) is 4.90 Å². The maximum atomic E-state index is 13.4. The van der Waals surface area contributed by atoms with E-state index in [1.165, 1.54) is 6.07 Å². The minimum Gasteiger partial charge on any atom is -0.371 e. The smallest absolute Gasteiger partial charge is 0.315 e. The highest BCUT2D eigenvalue weighted by molar-refractivity contribution is 5.74. The third-order valence-corrected chi connectivity index (χ3v) is 5.48. The summed E-state index contributed by atoms with van der Waals surface area (Å²) in [5.41, 5.74) is 0.693. The van der Waals surface area contributed by atoms with Crippen LogP contribution in [0.4, 0.5) is 19.3 Å². The molecule has 26 heavy (non-hydrogen) atoms. The van der Waals surface area contributed by atoms with Gasteiger partial charge in [0.15, 0.2) is 11.6 Å². The number of nitrogens with one attached hydrogen (secondary N) is 2. The van der Waals surface area contributed by atoms with Gasteiger partial charge < -0.3 is 20.4 Å². The van der Waals surface area contributed by atoms with Crippen molar-refractivity contribution in [1.29, 1.82) is 0 Å². The molecule has 0 saturated carbocycles. The Morgan fingerprint density at radius 3 is 2.62 bits per heavy atom. The maximum absolute atomic E-state index is 13.4. The molecule has 0 bridgehead atoms. The first-order valence-electron chi connectivity index (χ1n) is 9.52. The predicted molar refractivity (Wildman–Crippen MR) is 98.3 cm³/mol. The number of piperidine rings is 1. The molecule has 3 rings (SSSR count). The molecule has 2 N–H and O–H groups in total. The van der Waals surface area contributed by atoms with Gasteiger partial charge in [0.25, 0.3) is 0 Å². The number of hydrogen-bond donors (Lipinski definition) is 2. The van der Waals surface area contributed by atoms with Gasteiger partial charge in [-0.2, -0.15) is 0 Å². The third-order valence-electron chi connectivity index (χ3n) is 5.48. The second-order valence-electron chi connectivity index (χ2n) is 7.26. The van der Waals surface area contributed by atoms with Gasteiger partial charge in [-0.3, -0.25) is 0 Å². The van der Waals surface area contributed by atoms with Crippen LogP contribution < -0.4 is 15.5 Å². The Morgan fingerprint density at radius 1 is 1.15 bits per heavy atom. The number of carbonyl (C=O) groups is 1. The van der Waals surface area contributed by atoms with Crippen molar-refractivity contribution >= 4 is 11.7 Å². The van der Waals surface area contributed by atoms with Crippen molar-refractivity contribution < 1.29 is 13.6 Å². The molecular weight excluding hydrogens is 338 g/mol. The summed E-state index contributed by atoms with van der Waals surface area (Å²) < 4.78 is 26.4. The van der Waals surface area contributed by atoms with Crippen molar-refractivity contribution in [3.8, 4) is 0 Å². The lowest BCUT2D eigenvalue weighted by atomic mass is 10.1. The van der Waals surface area contributed by atoms with E-state index in [0.717, 1.165) is 58.1 Å². The first-order valence-corrected chi connectivity index (χ1v) is 9.52. The van der Waals surface area contributed by atoms with Gasteiger partial charge >= 0.3 is 6.03 Å². The van der Waals surface area contributed by atoms with Gasteiger partial charge in [0, 0.05) is 50.5 Å². The van der Waals surface area contributed by atoms with Crippen molar-refractivity contribution in [3.05, 3.63) is 29.8 Å². The Labute approximate surface area is 153 Å². The van der Waals surface area contributed by atoms with Crippen LogP contribution in [0.1, 0.15) is 26.2 Å². The van der Waals surface area contributed by atoms with Crippen LogP contribution in [0.3, 0.4) is 0 Å². The van der Waals surface area contributed by atoms with Gasteiger partial charge in [-0.1, -0.05) is 6.92 Å². The molecule has 2 fully saturated rings. The lowest BCUT2D eigenvalue weighted by Gasteiger charge is -2.31. The lowest BCUT2D eigenvalue weighted by Crippen LogP contribution is -2.48. The van der Waals surface area contributed by atoms with Gasteiger partial charge in [0.05, 0.1) is 0 Å². The average Bonchev–Trinajstić information content (AvgIpc) is 3.12. The molecule has 0 aromatic heterocycles. The molecule has 1 unspecified atom stereocenters. The van der Waals surface area contributed by atoms with Crippen LogP contribution in [0, 0.1) is 17.6 Å². The number of benzene rings is 1. The zero-order valence-electron chi connectivity index (χ0n) is 15.3. The van der Waals surface area contributed by atoms with Crippen molar-refractivity contribution in [1.82, 2.24) is 15.5 Å². The molecule has 0 aliphatic carbocycles. The van der Waals surface area contributed by atoms with Crippen LogP contribution >= 0.6 is 0 Å². The molecule has 2 amide bonds. The van der Waals surface area contributed by atoms with Gasteiger partial charge in [-0.25, -0.2) is 13.6 Å². The van der Waals surface area contributed by atoms with Crippen LogP contribution in [0.2, 0.25) is 0 Å². The monoisotopic (exact) mass is 366 g/mol. The number of urea groups is 1. The highest BCUT2D eigenvalue weighted by Crippen LogP contribution is 2.25. The summed E-state index contributed by atoms with van der Waals surface area (Å²) >= 11 is 0. The first-order chi connectivity index (χ1) is 12.5. The zero-order valence-corrected chi connectivity index (χ0v) is 15.3. The molecule has 5 nitrogen and oxygen atoms in total. The fourth-order valence-electron chi connectivity index (χ4n) is 3.78. The van der Waals surface area contributed by atoms with Gasteiger partial charge in [0.1, 0.15) is 0 Å². The van der Waals surface area contributed by atoms with Crippen molar-refractivity contribution in [2.45, 2.75) is 32.2 Å². The molecule has 0 radical (unpaired) electrons. The van der Waals surface area contributed by atoms with Gasteiger partial charge in [-0.05, 0) is 43.9 Å². The molecular formula is C19H28F2N4O. The Bertz CT molecular complexity index is 620. The summed E-state index contributed by atoms with van der Waals surface area (Å²) in [4.78, 5) is 16.5. The fourth-order valence-corrected chi connectivity index (χ4v) is 3.78. The van der Waals surface area contributed by atoms with Crippen LogP contribution in [0.15, 0.2) is 18.2 Å². The summed E-state index contributed by atoms with van der Waals surface area (Å²) in [6.45, 7) is 7.41. The summed E-state index contributed by atoms with van der Waals surface area (Å²) in [5.74, 6) is -1.33. The quantitative estimate of drug-likeness (QED) is 0.842. The summed E-state index contributed by atoms with van der Waals surface area (Å²) in [6.07, 6.45) is 2.91. The summed E-state index contributed by atoms with van der Waals surface area (Å²) in [5, 5.41) is 6.03. The van der Waals surface area contributed by atoms with Crippen LogP contribution in [-0.2, 0) is 0 Å². The fraction of sp³-hybridized carbons (Fsp3) is 0.632. The van der Waals surface area contributed by atoms with Crippen LogP contribution in [0.25, 0.3) is 0 Å². The van der Waals surface area contributed by atoms with E-state index in [2.05, 4.69) is 22.5 Å². The largest absolute Gasteiger partial charge is 0.371 e. The Kier molecular flexibility index (Phi) is 6.29. The van der Waals surface area contributed by atoms with E-state index in [1.54, 1.807) is 6.07 Å². The number of rotatable bonds is 5. The molecule has 2 aliphatic heterocycles. The van der Waals surface area contributed by atoms with Gasteiger partial charge in [0.2, 0.25) is 0 Å². The van der Waals surface area contributed by atoms with E-state index in [9.17, 15) is 13.6 Å². The number of anilines is 1. The van der Waals surface area contributed by atoms with E-state index >= 15 is 0 Å². The van der Waals surface area contributed by atoms with Crippen LogP contribution in [0.5, 0.6) is 0 Å². The predicted octanol–water partition coefficient (Wildman–Crippen LogP) is 2.57. The third kappa shape index (κ3) is 4.84. The van der Waals surface area contributed by atoms with Gasteiger partial charge in [-0.15, -0.1) is 0 Å². The SMILES string of the molecule is CCN1CCC(NC(=O)NCC2CCN(c3ccc(F)c(F)c3)C2)CC1. The van der Waals surface area contributed by atoms with E-state index in [0.29, 0.717) is 18.2 Å². The van der Waals surface area contributed by atoms with Crippen molar-refractivity contribution in [2.75, 3.05) is 44.2 Å². The van der Waals surface area contributed by atoms with E-state index in [4.69, 9.17) is 0 Å². The number of nitrogens with zero attached hydrogens (tertiary/aromatic N) is 2. The molecule has 1 aromatic rings. The summed E-state index contributed by atoms with van der Waals surface area (Å²) in [6, 6.07) is 4.14. The topological polar surface area (TPSA) is 47.6 Å². The lowest BCUT2D eigenvalue weighted by molar-refractivity contribution is 0.198. The minimum absolute atomic E-state index is 0.105. The Balaban J connectivity index is 1.39. The Hall–Kier alpha value is -1.89. The molecule has 1 aromatic carbocycles. The number of hydrogen-bond acceptors (Lipinski definition) is 3. The van der Waals surface area contributed by atoms with Crippen molar-refractivity contribution in [2.24, 2.45) is 5.92 Å². The molecule has 1 atom stereocenters. The Morgan fingerprint density at radius 2 is 1.92 bits per heavy atom. The second kappa shape index (κ2) is 8.66. The molecule has 2 heterocycles. The molecule has 0 spiro atoms. The highest BCUT2D eigenvalue weighted by atomic mass is 19.2. The standard InChI is InChI=1S/C19H28F2N4O/c1-2-24-8-6-15(7-9-24)23-19(26)22-12-14-5-10-25(13-14)16-3-4-17(20)18(21)11-16/h3-4,11,14-15H,2,5-10,12-13H2,1H3,(H2,22,23,26). The number of carbonyl (C=O) groups excluding carboxylic acids is 1. The average molecular weight is 366 g/mol. The molecule has 2 aliphatic rings. The molecule has 2 saturated heterocycles. The summed E-state index contributed by atoms with van der Waals surface area (Å²) in [7, 11) is 0. The zero-order chi connectivity index (χ0) is 18.5. The van der Waals surface area contributed by atoms with Crippen LogP contribution in [-0.4, -0.2) is 56.2 Å². The first kappa shape index (κ1) is 18.9. The molecule has 144 valence electrons. The van der Waals surface area contributed by atoms with E-state index < -0.39 is 11.6 Å².